The third-order valence-corrected chi connectivity index (χ3v) is 5.36. The van der Waals surface area contributed by atoms with Crippen molar-refractivity contribution in [3.8, 4) is 17.3 Å². The number of hydrogen-bond acceptors (Lipinski definition) is 4. The second-order valence-corrected chi connectivity index (χ2v) is 7.32. The highest BCUT2D eigenvalue weighted by molar-refractivity contribution is 5.62. The fraction of sp³-hybridized carbons (Fsp3) is 0.0417. The molecule has 0 fully saturated rings. The van der Waals surface area contributed by atoms with Crippen molar-refractivity contribution in [2.24, 2.45) is 0 Å². The molecule has 0 bridgehead atoms. The van der Waals surface area contributed by atoms with Gasteiger partial charge in [-0.3, -0.25) is 9.98 Å². The Balaban J connectivity index is 1.79. The minimum atomic E-state index is -0.815. The van der Waals surface area contributed by atoms with Gasteiger partial charge in [0.25, 0.3) is 0 Å². The Morgan fingerprint density at radius 3 is 2.69 bits per heavy atom. The number of benzene rings is 3. The maximum Gasteiger partial charge on any atom is 0.228 e. The lowest BCUT2D eigenvalue weighted by Crippen LogP contribution is -2.29. The number of nitrogens with zero attached hydrogens (tertiary/aromatic N) is 3. The summed E-state index contributed by atoms with van der Waals surface area (Å²) in [6.07, 6.45) is 1.26. The van der Waals surface area contributed by atoms with Crippen molar-refractivity contribution in [1.29, 1.82) is 5.41 Å². The van der Waals surface area contributed by atoms with Crippen molar-refractivity contribution in [2.45, 2.75) is 5.92 Å². The van der Waals surface area contributed by atoms with E-state index in [1.54, 1.807) is 36.4 Å². The van der Waals surface area contributed by atoms with E-state index in [2.05, 4.69) is 9.83 Å². The fourth-order valence-electron chi connectivity index (χ4n) is 3.93. The first kappa shape index (κ1) is 19.5. The van der Waals surface area contributed by atoms with Gasteiger partial charge in [0.15, 0.2) is 5.69 Å². The molecule has 156 valence electrons. The summed E-state index contributed by atoms with van der Waals surface area (Å²) in [5.41, 5.74) is 8.82. The molecular formula is C24H15F2N5O. The Hall–Kier alpha value is -4.51. The minimum Gasteiger partial charge on any atom is -0.440 e. The van der Waals surface area contributed by atoms with Crippen molar-refractivity contribution in [3.63, 3.8) is 0 Å². The van der Waals surface area contributed by atoms with Crippen LogP contribution in [0.3, 0.4) is 0 Å². The van der Waals surface area contributed by atoms with E-state index in [4.69, 9.17) is 22.5 Å². The van der Waals surface area contributed by atoms with Crippen LogP contribution in [0.4, 0.5) is 20.2 Å². The van der Waals surface area contributed by atoms with Gasteiger partial charge in [0.05, 0.1) is 17.8 Å². The highest BCUT2D eigenvalue weighted by Gasteiger charge is 2.32. The molecule has 0 radical (unpaired) electrons. The van der Waals surface area contributed by atoms with Crippen LogP contribution < -0.4 is 16.0 Å². The SMILES string of the molecule is [C-]#[N+]c1ccc2c(c1)Oc1ncn(-c3ccc(F)cc3F)c(=N)c1C2c1cccc(N)c1. The summed E-state index contributed by atoms with van der Waals surface area (Å²) in [5.74, 6) is -1.39. The second-order valence-electron chi connectivity index (χ2n) is 7.32. The third-order valence-electron chi connectivity index (χ3n) is 5.36. The number of rotatable bonds is 2. The number of nitrogens with two attached hydrogens (primary N) is 1. The average Bonchev–Trinajstić information content (AvgIpc) is 2.78. The predicted molar refractivity (Wildman–Crippen MR) is 114 cm³/mol. The van der Waals surface area contributed by atoms with Gasteiger partial charge >= 0.3 is 0 Å². The molecule has 1 atom stereocenters. The Kier molecular flexibility index (Phi) is 4.45. The van der Waals surface area contributed by atoms with Crippen molar-refractivity contribution in [2.75, 3.05) is 5.73 Å². The quantitative estimate of drug-likeness (QED) is 0.306. The Labute approximate surface area is 181 Å². The van der Waals surface area contributed by atoms with E-state index in [1.165, 1.54) is 17.0 Å². The van der Waals surface area contributed by atoms with Gasteiger partial charge in [0, 0.05) is 23.2 Å². The van der Waals surface area contributed by atoms with Crippen LogP contribution in [0.2, 0.25) is 0 Å². The van der Waals surface area contributed by atoms with Crippen LogP contribution in [0.15, 0.2) is 67.0 Å². The highest BCUT2D eigenvalue weighted by Crippen LogP contribution is 2.46. The molecule has 0 amide bonds. The first-order valence-electron chi connectivity index (χ1n) is 9.62. The van der Waals surface area contributed by atoms with Gasteiger partial charge in [-0.1, -0.05) is 24.3 Å². The maximum absolute atomic E-state index is 14.5. The number of anilines is 1. The van der Waals surface area contributed by atoms with Crippen LogP contribution in [-0.4, -0.2) is 9.55 Å². The van der Waals surface area contributed by atoms with Gasteiger partial charge in [-0.05, 0) is 35.9 Å². The Morgan fingerprint density at radius 2 is 1.94 bits per heavy atom. The molecule has 4 aromatic rings. The van der Waals surface area contributed by atoms with Gasteiger partial charge in [-0.25, -0.2) is 18.6 Å². The molecule has 2 heterocycles. The molecule has 1 aromatic heterocycles. The number of nitrogens with one attached hydrogen (secondary N) is 1. The number of halogens is 2. The number of hydrogen-bond donors (Lipinski definition) is 2. The van der Waals surface area contributed by atoms with E-state index in [0.717, 1.165) is 23.3 Å². The van der Waals surface area contributed by atoms with E-state index >= 15 is 0 Å². The number of ether oxygens (including phenoxy) is 1. The molecule has 32 heavy (non-hydrogen) atoms. The second kappa shape index (κ2) is 7.32. The van der Waals surface area contributed by atoms with Crippen LogP contribution in [0.1, 0.15) is 22.6 Å². The molecule has 3 aromatic carbocycles. The van der Waals surface area contributed by atoms with E-state index in [9.17, 15) is 8.78 Å². The normalized spacial score (nSPS) is 14.1. The predicted octanol–water partition coefficient (Wildman–Crippen LogP) is 5.05. The summed E-state index contributed by atoms with van der Waals surface area (Å²) in [6.45, 7) is 7.28. The smallest absolute Gasteiger partial charge is 0.228 e. The first-order chi connectivity index (χ1) is 15.5. The average molecular weight is 427 g/mol. The fourth-order valence-corrected chi connectivity index (χ4v) is 3.93. The molecule has 0 saturated heterocycles. The zero-order valence-electron chi connectivity index (χ0n) is 16.5. The van der Waals surface area contributed by atoms with Gasteiger partial charge in [0.1, 0.15) is 29.2 Å². The molecule has 0 saturated carbocycles. The Morgan fingerprint density at radius 1 is 1.09 bits per heavy atom. The molecule has 6 nitrogen and oxygen atoms in total. The third kappa shape index (κ3) is 3.08. The van der Waals surface area contributed by atoms with Crippen LogP contribution in [0, 0.1) is 23.6 Å². The summed E-state index contributed by atoms with van der Waals surface area (Å²) in [5, 5.41) is 8.87. The molecule has 0 spiro atoms. The minimum absolute atomic E-state index is 0.00724. The lowest BCUT2D eigenvalue weighted by atomic mass is 9.83. The van der Waals surface area contributed by atoms with E-state index in [-0.39, 0.29) is 17.1 Å². The van der Waals surface area contributed by atoms with Gasteiger partial charge in [0.2, 0.25) is 5.88 Å². The topological polar surface area (TPSA) is 81.3 Å². The van der Waals surface area contributed by atoms with Crippen LogP contribution in [0.25, 0.3) is 10.5 Å². The number of nitrogen functional groups attached to an aromatic ring is 1. The van der Waals surface area contributed by atoms with Gasteiger partial charge < -0.3 is 10.5 Å². The lowest BCUT2D eigenvalue weighted by molar-refractivity contribution is 0.426. The van der Waals surface area contributed by atoms with Crippen molar-refractivity contribution in [1.82, 2.24) is 9.55 Å². The van der Waals surface area contributed by atoms with Crippen LogP contribution in [-0.2, 0) is 0 Å². The zero-order chi connectivity index (χ0) is 22.4. The largest absolute Gasteiger partial charge is 0.440 e. The molecule has 0 aliphatic carbocycles. The Bertz CT molecular complexity index is 1490. The highest BCUT2D eigenvalue weighted by atomic mass is 19.1. The molecule has 5 rings (SSSR count). The van der Waals surface area contributed by atoms with Crippen molar-refractivity contribution < 1.29 is 13.5 Å². The van der Waals surface area contributed by atoms with E-state index in [0.29, 0.717) is 22.7 Å². The summed E-state index contributed by atoms with van der Waals surface area (Å²) in [4.78, 5) is 7.77. The lowest BCUT2D eigenvalue weighted by Gasteiger charge is -2.29. The number of fused-ring (bicyclic) bond motifs is 2. The van der Waals surface area contributed by atoms with Gasteiger partial charge in [-0.15, -0.1) is 0 Å². The van der Waals surface area contributed by atoms with E-state index < -0.39 is 17.6 Å². The van der Waals surface area contributed by atoms with Crippen LogP contribution >= 0.6 is 0 Å². The monoisotopic (exact) mass is 427 g/mol. The van der Waals surface area contributed by atoms with E-state index in [1.807, 2.05) is 6.07 Å². The summed E-state index contributed by atoms with van der Waals surface area (Å²) >= 11 is 0. The molecule has 1 aliphatic rings. The summed E-state index contributed by atoms with van der Waals surface area (Å²) in [7, 11) is 0. The van der Waals surface area contributed by atoms with Gasteiger partial charge in [-0.2, -0.15) is 0 Å². The molecule has 8 heteroatoms. The number of aromatic nitrogens is 2. The van der Waals surface area contributed by atoms with Crippen molar-refractivity contribution in [3.05, 3.63) is 112 Å². The first-order valence-corrected chi connectivity index (χ1v) is 9.62. The summed E-state index contributed by atoms with van der Waals surface area (Å²) < 4.78 is 35.1. The molecule has 3 N–H and O–H groups in total. The zero-order valence-corrected chi connectivity index (χ0v) is 16.5. The van der Waals surface area contributed by atoms with Crippen LogP contribution in [0.5, 0.6) is 11.6 Å². The molecular weight excluding hydrogens is 412 g/mol. The van der Waals surface area contributed by atoms with Crippen molar-refractivity contribution >= 4 is 11.4 Å². The molecule has 1 aliphatic heterocycles. The molecule has 1 unspecified atom stereocenters. The summed E-state index contributed by atoms with van der Waals surface area (Å²) in [6, 6.07) is 15.4. The standard InChI is InChI=1S/C24H15F2N5O/c1-29-16-6-7-17-20(11-16)32-24-22(21(17)13-3-2-4-15(27)9-13)23(28)31(12-30-24)19-8-5-14(25)10-18(19)26/h2-12,21,28H,27H2. The maximum atomic E-state index is 14.5.